The molecule has 2 nitrogen and oxygen atoms in total. The largest absolute Gasteiger partial charge is 0.293 e. The van der Waals surface area contributed by atoms with E-state index in [1.807, 2.05) is 6.07 Å². The number of carbonyl (C=O) groups is 1. The summed E-state index contributed by atoms with van der Waals surface area (Å²) in [6, 6.07) is 1.85. The van der Waals surface area contributed by atoms with E-state index < -0.39 is 0 Å². The second-order valence-electron chi connectivity index (χ2n) is 4.38. The first-order chi connectivity index (χ1) is 7.31. The van der Waals surface area contributed by atoms with Gasteiger partial charge in [0.2, 0.25) is 0 Å². The predicted molar refractivity (Wildman–Crippen MR) is 62.2 cm³/mol. The average Bonchev–Trinajstić information content (AvgIpc) is 2.81. The standard InChI is InChI=1S/C12H17NOS/c1-2-9-4-3-5-10(8-9)12(14)11-6-7-13-15-11/h6-7,9-10H,2-5,8H2,1H3. The zero-order valence-corrected chi connectivity index (χ0v) is 9.93. The fraction of sp³-hybridized carbons (Fsp3) is 0.667. The zero-order chi connectivity index (χ0) is 10.7. The topological polar surface area (TPSA) is 30.0 Å². The monoisotopic (exact) mass is 223 g/mol. The molecule has 0 spiro atoms. The molecule has 0 bridgehead atoms. The highest BCUT2D eigenvalue weighted by Crippen LogP contribution is 2.33. The van der Waals surface area contributed by atoms with E-state index in [2.05, 4.69) is 11.3 Å². The molecule has 0 N–H and O–H groups in total. The lowest BCUT2D eigenvalue weighted by atomic mass is 9.78. The van der Waals surface area contributed by atoms with Gasteiger partial charge in [0.15, 0.2) is 5.78 Å². The van der Waals surface area contributed by atoms with Crippen LogP contribution in [0.1, 0.15) is 48.7 Å². The molecule has 1 aromatic rings. The van der Waals surface area contributed by atoms with E-state index in [9.17, 15) is 4.79 Å². The van der Waals surface area contributed by atoms with Gasteiger partial charge < -0.3 is 0 Å². The minimum Gasteiger partial charge on any atom is -0.293 e. The van der Waals surface area contributed by atoms with Crippen LogP contribution in [0.5, 0.6) is 0 Å². The van der Waals surface area contributed by atoms with E-state index in [4.69, 9.17) is 0 Å². The molecule has 0 aliphatic heterocycles. The molecule has 1 fully saturated rings. The van der Waals surface area contributed by atoms with Crippen LogP contribution in [0, 0.1) is 11.8 Å². The molecule has 0 amide bonds. The number of ketones is 1. The number of nitrogens with zero attached hydrogens (tertiary/aromatic N) is 1. The molecule has 1 heterocycles. The lowest BCUT2D eigenvalue weighted by molar-refractivity contribution is 0.0866. The van der Waals surface area contributed by atoms with Crippen LogP contribution in [0.25, 0.3) is 0 Å². The lowest BCUT2D eigenvalue weighted by Crippen LogP contribution is -2.22. The summed E-state index contributed by atoms with van der Waals surface area (Å²) in [5, 5.41) is 0. The highest BCUT2D eigenvalue weighted by molar-refractivity contribution is 7.08. The Labute approximate surface area is 94.9 Å². The van der Waals surface area contributed by atoms with Crippen molar-refractivity contribution in [1.82, 2.24) is 4.37 Å². The quantitative estimate of drug-likeness (QED) is 0.734. The SMILES string of the molecule is CCC1CCCC(C(=O)c2ccns2)C1. The maximum absolute atomic E-state index is 12.1. The van der Waals surface area contributed by atoms with E-state index in [0.717, 1.165) is 23.6 Å². The van der Waals surface area contributed by atoms with Gasteiger partial charge in [0.1, 0.15) is 0 Å². The van der Waals surface area contributed by atoms with E-state index in [1.165, 1.54) is 30.8 Å². The Balaban J connectivity index is 2.01. The summed E-state index contributed by atoms with van der Waals surface area (Å²) in [4.78, 5) is 12.9. The van der Waals surface area contributed by atoms with Crippen LogP contribution < -0.4 is 0 Å². The molecule has 2 rings (SSSR count). The van der Waals surface area contributed by atoms with Crippen molar-refractivity contribution in [2.75, 3.05) is 0 Å². The highest BCUT2D eigenvalue weighted by Gasteiger charge is 2.27. The second-order valence-corrected chi connectivity index (χ2v) is 5.21. The van der Waals surface area contributed by atoms with Gasteiger partial charge in [-0.2, -0.15) is 0 Å². The molecular formula is C12H17NOS. The van der Waals surface area contributed by atoms with Gasteiger partial charge in [0.25, 0.3) is 0 Å². The van der Waals surface area contributed by atoms with Gasteiger partial charge in [-0.1, -0.05) is 26.2 Å². The first kappa shape index (κ1) is 10.8. The molecular weight excluding hydrogens is 206 g/mol. The fourth-order valence-corrected chi connectivity index (χ4v) is 3.06. The Morgan fingerprint density at radius 1 is 1.60 bits per heavy atom. The van der Waals surface area contributed by atoms with E-state index in [-0.39, 0.29) is 5.92 Å². The number of carbonyl (C=O) groups excluding carboxylic acids is 1. The van der Waals surface area contributed by atoms with Gasteiger partial charge >= 0.3 is 0 Å². The van der Waals surface area contributed by atoms with Crippen molar-refractivity contribution in [3.63, 3.8) is 0 Å². The average molecular weight is 223 g/mol. The van der Waals surface area contributed by atoms with Crippen LogP contribution in [-0.2, 0) is 0 Å². The van der Waals surface area contributed by atoms with Crippen LogP contribution in [0.2, 0.25) is 0 Å². The molecule has 2 atom stereocenters. The predicted octanol–water partition coefficient (Wildman–Crippen LogP) is 3.54. The van der Waals surface area contributed by atoms with Crippen molar-refractivity contribution in [2.24, 2.45) is 11.8 Å². The van der Waals surface area contributed by atoms with Gasteiger partial charge in [0.05, 0.1) is 4.88 Å². The summed E-state index contributed by atoms with van der Waals surface area (Å²) in [5.74, 6) is 1.36. The van der Waals surface area contributed by atoms with Crippen molar-refractivity contribution in [2.45, 2.75) is 39.0 Å². The van der Waals surface area contributed by atoms with Crippen molar-refractivity contribution < 1.29 is 4.79 Å². The number of hydrogen-bond acceptors (Lipinski definition) is 3. The van der Waals surface area contributed by atoms with Gasteiger partial charge in [-0.25, -0.2) is 4.37 Å². The fourth-order valence-electron chi connectivity index (χ4n) is 2.44. The lowest BCUT2D eigenvalue weighted by Gasteiger charge is -2.26. The third kappa shape index (κ3) is 2.46. The summed E-state index contributed by atoms with van der Waals surface area (Å²) in [5.41, 5.74) is 0. The Hall–Kier alpha value is -0.700. The number of Topliss-reactive ketones (excluding diaryl/α,β-unsaturated/α-hetero) is 1. The highest BCUT2D eigenvalue weighted by atomic mass is 32.1. The van der Waals surface area contributed by atoms with E-state index in [0.29, 0.717) is 5.78 Å². The number of hydrogen-bond donors (Lipinski definition) is 0. The smallest absolute Gasteiger partial charge is 0.177 e. The third-order valence-corrected chi connectivity index (χ3v) is 4.17. The molecule has 0 saturated heterocycles. The number of rotatable bonds is 3. The Morgan fingerprint density at radius 2 is 2.47 bits per heavy atom. The van der Waals surface area contributed by atoms with Crippen molar-refractivity contribution in [3.05, 3.63) is 17.1 Å². The van der Waals surface area contributed by atoms with Crippen LogP contribution in [-0.4, -0.2) is 10.2 Å². The Bertz CT molecular complexity index is 320. The first-order valence-electron chi connectivity index (χ1n) is 5.76. The van der Waals surface area contributed by atoms with Gasteiger partial charge in [0, 0.05) is 12.1 Å². The first-order valence-corrected chi connectivity index (χ1v) is 6.53. The maximum atomic E-state index is 12.1. The van der Waals surface area contributed by atoms with E-state index in [1.54, 1.807) is 6.20 Å². The molecule has 1 aromatic heterocycles. The van der Waals surface area contributed by atoms with E-state index >= 15 is 0 Å². The summed E-state index contributed by atoms with van der Waals surface area (Å²) in [7, 11) is 0. The molecule has 3 heteroatoms. The molecule has 1 aliphatic rings. The van der Waals surface area contributed by atoms with Crippen LogP contribution in [0.3, 0.4) is 0 Å². The second kappa shape index (κ2) is 4.88. The molecule has 1 aliphatic carbocycles. The van der Waals surface area contributed by atoms with Gasteiger partial charge in [-0.15, -0.1) is 0 Å². The van der Waals surface area contributed by atoms with Crippen LogP contribution in [0.15, 0.2) is 12.3 Å². The van der Waals surface area contributed by atoms with Gasteiger partial charge in [-0.3, -0.25) is 4.79 Å². The third-order valence-electron chi connectivity index (χ3n) is 3.41. The summed E-state index contributed by atoms with van der Waals surface area (Å²) in [6.07, 6.45) is 7.63. The van der Waals surface area contributed by atoms with Crippen LogP contribution in [0.4, 0.5) is 0 Å². The minimum absolute atomic E-state index is 0.268. The molecule has 15 heavy (non-hydrogen) atoms. The molecule has 2 unspecified atom stereocenters. The molecule has 1 saturated carbocycles. The minimum atomic E-state index is 0.268. The van der Waals surface area contributed by atoms with Gasteiger partial charge in [-0.05, 0) is 36.4 Å². The normalized spacial score (nSPS) is 26.5. The Kier molecular flexibility index (Phi) is 3.52. The molecule has 0 aromatic carbocycles. The van der Waals surface area contributed by atoms with Crippen LogP contribution >= 0.6 is 11.5 Å². The Morgan fingerprint density at radius 3 is 3.13 bits per heavy atom. The maximum Gasteiger partial charge on any atom is 0.177 e. The van der Waals surface area contributed by atoms with Crippen molar-refractivity contribution in [3.8, 4) is 0 Å². The summed E-state index contributed by atoms with van der Waals surface area (Å²) < 4.78 is 4.00. The van der Waals surface area contributed by atoms with Crippen molar-refractivity contribution in [1.29, 1.82) is 0 Å². The summed E-state index contributed by atoms with van der Waals surface area (Å²) in [6.45, 7) is 2.23. The zero-order valence-electron chi connectivity index (χ0n) is 9.11. The molecule has 82 valence electrons. The molecule has 0 radical (unpaired) electrons. The number of aromatic nitrogens is 1. The summed E-state index contributed by atoms with van der Waals surface area (Å²) >= 11 is 1.33. The van der Waals surface area contributed by atoms with Crippen molar-refractivity contribution >= 4 is 17.3 Å².